The third kappa shape index (κ3) is 3.65. The lowest BCUT2D eigenvalue weighted by Gasteiger charge is -2.15. The molecule has 0 unspecified atom stereocenters. The van der Waals surface area contributed by atoms with Crippen molar-refractivity contribution in [3.8, 4) is 17.2 Å². The van der Waals surface area contributed by atoms with Gasteiger partial charge in [0.2, 0.25) is 0 Å². The van der Waals surface area contributed by atoms with Gasteiger partial charge in [0.05, 0.1) is 31.3 Å². The Morgan fingerprint density at radius 1 is 1.00 bits per heavy atom. The molecule has 2 aromatic carbocycles. The van der Waals surface area contributed by atoms with E-state index in [4.69, 9.17) is 9.47 Å². The van der Waals surface area contributed by atoms with Gasteiger partial charge in [-0.1, -0.05) is 12.1 Å². The summed E-state index contributed by atoms with van der Waals surface area (Å²) in [6.45, 7) is 5.81. The maximum atomic E-state index is 12.9. The highest BCUT2D eigenvalue weighted by atomic mass is 16.5. The molecule has 1 heterocycles. The summed E-state index contributed by atoms with van der Waals surface area (Å²) in [5.41, 5.74) is 4.70. The van der Waals surface area contributed by atoms with E-state index in [2.05, 4.69) is 10.4 Å². The summed E-state index contributed by atoms with van der Waals surface area (Å²) in [5, 5.41) is 7.49. The number of carbonyl (C=O) groups excluding carboxylic acids is 1. The second kappa shape index (κ2) is 7.53. The van der Waals surface area contributed by atoms with Gasteiger partial charge in [-0.3, -0.25) is 4.79 Å². The summed E-state index contributed by atoms with van der Waals surface area (Å²) in [6.07, 6.45) is 0. The van der Waals surface area contributed by atoms with Gasteiger partial charge in [0.15, 0.2) is 0 Å². The summed E-state index contributed by atoms with van der Waals surface area (Å²) < 4.78 is 12.6. The van der Waals surface area contributed by atoms with E-state index >= 15 is 0 Å². The van der Waals surface area contributed by atoms with Gasteiger partial charge in [0.25, 0.3) is 5.91 Å². The Kier molecular flexibility index (Phi) is 5.16. The highest BCUT2D eigenvalue weighted by Crippen LogP contribution is 2.30. The number of ether oxygens (including phenoxy) is 2. The van der Waals surface area contributed by atoms with Crippen molar-refractivity contribution in [2.24, 2.45) is 0 Å². The van der Waals surface area contributed by atoms with E-state index < -0.39 is 0 Å². The topological polar surface area (TPSA) is 65.4 Å². The first kappa shape index (κ1) is 18.5. The first-order chi connectivity index (χ1) is 12.9. The zero-order valence-electron chi connectivity index (χ0n) is 16.2. The van der Waals surface area contributed by atoms with Crippen LogP contribution in [0, 0.1) is 20.8 Å². The quantitative estimate of drug-likeness (QED) is 0.740. The molecule has 0 saturated carbocycles. The Hall–Kier alpha value is -3.28. The van der Waals surface area contributed by atoms with Gasteiger partial charge in [-0.2, -0.15) is 5.10 Å². The lowest BCUT2D eigenvalue weighted by Crippen LogP contribution is -2.15. The van der Waals surface area contributed by atoms with Gasteiger partial charge >= 0.3 is 0 Å². The van der Waals surface area contributed by atoms with Crippen LogP contribution in [-0.2, 0) is 0 Å². The fourth-order valence-electron chi connectivity index (χ4n) is 3.05. The van der Waals surface area contributed by atoms with Crippen molar-refractivity contribution >= 4 is 11.6 Å². The number of methoxy groups -OCH3 is 2. The van der Waals surface area contributed by atoms with Crippen LogP contribution in [0.5, 0.6) is 11.5 Å². The van der Waals surface area contributed by atoms with Crippen LogP contribution < -0.4 is 14.8 Å². The zero-order chi connectivity index (χ0) is 19.6. The molecule has 0 radical (unpaired) electrons. The largest absolute Gasteiger partial charge is 0.496 e. The standard InChI is InChI=1S/C21H23N3O3/c1-13-10-14(2)24(23-13)18-9-7-6-8-17(18)22-21(25)16-11-19(26-4)15(3)20(12-16)27-5/h6-12H,1-5H3,(H,22,25). The van der Waals surface area contributed by atoms with Crippen molar-refractivity contribution in [1.29, 1.82) is 0 Å². The van der Waals surface area contributed by atoms with Crippen molar-refractivity contribution in [3.05, 3.63) is 65.0 Å². The van der Waals surface area contributed by atoms with E-state index in [1.165, 1.54) is 0 Å². The molecule has 0 saturated heterocycles. The van der Waals surface area contributed by atoms with Crippen molar-refractivity contribution in [3.63, 3.8) is 0 Å². The van der Waals surface area contributed by atoms with Crippen LogP contribution in [0.3, 0.4) is 0 Å². The van der Waals surface area contributed by atoms with Crippen LogP contribution in [0.15, 0.2) is 42.5 Å². The van der Waals surface area contributed by atoms with E-state index in [9.17, 15) is 4.79 Å². The molecule has 1 amide bonds. The van der Waals surface area contributed by atoms with E-state index in [0.717, 1.165) is 22.6 Å². The number of para-hydroxylation sites is 2. The van der Waals surface area contributed by atoms with Crippen molar-refractivity contribution in [1.82, 2.24) is 9.78 Å². The summed E-state index contributed by atoms with van der Waals surface area (Å²) in [4.78, 5) is 12.9. The second-order valence-corrected chi connectivity index (χ2v) is 6.32. The molecule has 27 heavy (non-hydrogen) atoms. The molecule has 0 atom stereocenters. The number of benzene rings is 2. The van der Waals surface area contributed by atoms with E-state index in [1.54, 1.807) is 26.4 Å². The first-order valence-corrected chi connectivity index (χ1v) is 8.61. The summed E-state index contributed by atoms with van der Waals surface area (Å²) in [5.74, 6) is 0.957. The number of rotatable bonds is 5. The fraction of sp³-hybridized carbons (Fsp3) is 0.238. The normalized spacial score (nSPS) is 10.6. The average Bonchev–Trinajstić information content (AvgIpc) is 3.00. The third-order valence-electron chi connectivity index (χ3n) is 4.40. The minimum atomic E-state index is -0.249. The van der Waals surface area contributed by atoms with E-state index in [0.29, 0.717) is 22.7 Å². The lowest BCUT2D eigenvalue weighted by atomic mass is 10.1. The number of aryl methyl sites for hydroxylation is 2. The number of nitrogens with one attached hydrogen (secondary N) is 1. The Labute approximate surface area is 158 Å². The van der Waals surface area contributed by atoms with Crippen molar-refractivity contribution < 1.29 is 14.3 Å². The number of nitrogens with zero attached hydrogens (tertiary/aromatic N) is 2. The first-order valence-electron chi connectivity index (χ1n) is 8.61. The predicted molar refractivity (Wildman–Crippen MR) is 105 cm³/mol. The molecular weight excluding hydrogens is 342 g/mol. The van der Waals surface area contributed by atoms with Gasteiger partial charge in [-0.15, -0.1) is 0 Å². The molecule has 0 fully saturated rings. The molecule has 0 bridgehead atoms. The minimum absolute atomic E-state index is 0.249. The number of carbonyl (C=O) groups is 1. The summed E-state index contributed by atoms with van der Waals surface area (Å²) in [6, 6.07) is 13.0. The molecule has 1 N–H and O–H groups in total. The Bertz CT molecular complexity index is 967. The fourth-order valence-corrected chi connectivity index (χ4v) is 3.05. The maximum absolute atomic E-state index is 12.9. The number of amides is 1. The van der Waals surface area contributed by atoms with Gasteiger partial charge in [0, 0.05) is 16.8 Å². The van der Waals surface area contributed by atoms with Crippen molar-refractivity contribution in [2.45, 2.75) is 20.8 Å². The average molecular weight is 365 g/mol. The molecule has 0 aliphatic carbocycles. The smallest absolute Gasteiger partial charge is 0.255 e. The van der Waals surface area contributed by atoms with Crippen LogP contribution in [0.4, 0.5) is 5.69 Å². The SMILES string of the molecule is COc1cc(C(=O)Nc2ccccc2-n2nc(C)cc2C)cc(OC)c1C. The summed E-state index contributed by atoms with van der Waals surface area (Å²) in [7, 11) is 3.14. The van der Waals surface area contributed by atoms with Crippen molar-refractivity contribution in [2.75, 3.05) is 19.5 Å². The van der Waals surface area contributed by atoms with E-state index in [1.807, 2.05) is 55.8 Å². The minimum Gasteiger partial charge on any atom is -0.496 e. The van der Waals surface area contributed by atoms with Crippen LogP contribution in [-0.4, -0.2) is 29.9 Å². The maximum Gasteiger partial charge on any atom is 0.255 e. The highest BCUT2D eigenvalue weighted by molar-refractivity contribution is 6.06. The molecule has 0 aliphatic rings. The van der Waals surface area contributed by atoms with Crippen LogP contribution in [0.2, 0.25) is 0 Å². The Morgan fingerprint density at radius 3 is 2.19 bits per heavy atom. The summed E-state index contributed by atoms with van der Waals surface area (Å²) >= 11 is 0. The number of hydrogen-bond acceptors (Lipinski definition) is 4. The van der Waals surface area contributed by atoms with Gasteiger partial charge in [0.1, 0.15) is 11.5 Å². The van der Waals surface area contributed by atoms with Crippen LogP contribution in [0.1, 0.15) is 27.3 Å². The van der Waals surface area contributed by atoms with Gasteiger partial charge in [-0.05, 0) is 51.1 Å². The molecule has 1 aromatic heterocycles. The molecule has 0 spiro atoms. The highest BCUT2D eigenvalue weighted by Gasteiger charge is 2.16. The predicted octanol–water partition coefficient (Wildman–Crippen LogP) is 4.07. The second-order valence-electron chi connectivity index (χ2n) is 6.32. The number of anilines is 1. The molecule has 140 valence electrons. The van der Waals surface area contributed by atoms with Crippen LogP contribution >= 0.6 is 0 Å². The van der Waals surface area contributed by atoms with Gasteiger partial charge in [-0.25, -0.2) is 4.68 Å². The monoisotopic (exact) mass is 365 g/mol. The molecule has 6 heteroatoms. The van der Waals surface area contributed by atoms with Gasteiger partial charge < -0.3 is 14.8 Å². The van der Waals surface area contributed by atoms with Crippen LogP contribution in [0.25, 0.3) is 5.69 Å². The third-order valence-corrected chi connectivity index (χ3v) is 4.40. The Balaban J connectivity index is 1.97. The Morgan fingerprint density at radius 2 is 1.63 bits per heavy atom. The van der Waals surface area contributed by atoms with E-state index in [-0.39, 0.29) is 5.91 Å². The molecule has 6 nitrogen and oxygen atoms in total. The lowest BCUT2D eigenvalue weighted by molar-refractivity contribution is 0.102. The number of hydrogen-bond donors (Lipinski definition) is 1. The number of aromatic nitrogens is 2. The molecule has 3 aromatic rings. The molecular formula is C21H23N3O3. The zero-order valence-corrected chi connectivity index (χ0v) is 16.2. The molecule has 3 rings (SSSR count). The molecule has 0 aliphatic heterocycles.